The van der Waals surface area contributed by atoms with Crippen LogP contribution in [0.4, 0.5) is 0 Å². The van der Waals surface area contributed by atoms with E-state index < -0.39 is 8.32 Å². The molecule has 0 N–H and O–H groups in total. The van der Waals surface area contributed by atoms with E-state index in [1.54, 1.807) is 6.26 Å². The Labute approximate surface area is 182 Å². The summed E-state index contributed by atoms with van der Waals surface area (Å²) in [6.07, 6.45) is 3.41. The molecule has 0 aliphatic rings. The van der Waals surface area contributed by atoms with Crippen LogP contribution in [0.3, 0.4) is 0 Å². The maximum atomic E-state index is 7.03. The first-order valence-corrected chi connectivity index (χ1v) is 13.8. The molecule has 0 amide bonds. The summed E-state index contributed by atoms with van der Waals surface area (Å²) in [6.45, 7) is 15.7. The highest BCUT2D eigenvalue weighted by Gasteiger charge is 2.41. The highest BCUT2D eigenvalue weighted by Crippen LogP contribution is 2.44. The second-order valence-electron chi connectivity index (χ2n) is 9.56. The molecule has 0 bridgehead atoms. The van der Waals surface area contributed by atoms with Crippen LogP contribution in [0.1, 0.15) is 62.9 Å². The van der Waals surface area contributed by atoms with Gasteiger partial charge in [-0.3, -0.25) is 4.98 Å². The van der Waals surface area contributed by atoms with E-state index in [0.717, 1.165) is 35.6 Å². The van der Waals surface area contributed by atoms with Gasteiger partial charge in [-0.25, -0.2) is 0 Å². The number of furan rings is 1. The minimum Gasteiger partial charge on any atom is -0.466 e. The maximum Gasteiger partial charge on any atom is 0.193 e. The van der Waals surface area contributed by atoms with Crippen molar-refractivity contribution < 1.29 is 8.84 Å². The Hall–Kier alpha value is -2.17. The van der Waals surface area contributed by atoms with Gasteiger partial charge >= 0.3 is 0 Å². The Bertz CT molecular complexity index is 957. The molecule has 160 valence electrons. The van der Waals surface area contributed by atoms with Gasteiger partial charge in [-0.2, -0.15) is 0 Å². The number of pyridine rings is 1. The molecule has 1 unspecified atom stereocenters. The zero-order valence-corrected chi connectivity index (χ0v) is 20.5. The molecule has 30 heavy (non-hydrogen) atoms. The first kappa shape index (κ1) is 22.5. The van der Waals surface area contributed by atoms with Crippen molar-refractivity contribution in [3.63, 3.8) is 0 Å². The number of benzene rings is 1. The van der Waals surface area contributed by atoms with Crippen LogP contribution in [-0.4, -0.2) is 13.3 Å². The molecular weight excluding hydrogens is 386 g/mol. The molecule has 4 heteroatoms. The van der Waals surface area contributed by atoms with Crippen LogP contribution in [0.25, 0.3) is 11.1 Å². The zero-order valence-electron chi connectivity index (χ0n) is 19.5. The van der Waals surface area contributed by atoms with Gasteiger partial charge in [-0.1, -0.05) is 64.4 Å². The molecule has 3 aromatic rings. The van der Waals surface area contributed by atoms with E-state index in [4.69, 9.17) is 13.8 Å². The van der Waals surface area contributed by atoms with Crippen LogP contribution in [0.15, 0.2) is 59.2 Å². The van der Waals surface area contributed by atoms with E-state index >= 15 is 0 Å². The Kier molecular flexibility index (Phi) is 6.68. The molecule has 0 aliphatic carbocycles. The lowest BCUT2D eigenvalue weighted by molar-refractivity contribution is 0.192. The molecule has 3 rings (SSSR count). The lowest BCUT2D eigenvalue weighted by Crippen LogP contribution is -2.42. The van der Waals surface area contributed by atoms with Gasteiger partial charge in [0.25, 0.3) is 0 Å². The average Bonchev–Trinajstić information content (AvgIpc) is 3.21. The molecule has 3 nitrogen and oxygen atoms in total. The summed E-state index contributed by atoms with van der Waals surface area (Å²) in [7, 11) is -2.08. The Balaban J connectivity index is 2.27. The van der Waals surface area contributed by atoms with Crippen molar-refractivity contribution in [3.8, 4) is 11.1 Å². The predicted octanol–water partition coefficient (Wildman–Crippen LogP) is 7.71. The van der Waals surface area contributed by atoms with E-state index in [2.05, 4.69) is 84.1 Å². The van der Waals surface area contributed by atoms with Crippen LogP contribution in [0.2, 0.25) is 18.1 Å². The summed E-state index contributed by atoms with van der Waals surface area (Å²) in [5.74, 6) is 0.847. The third-order valence-corrected chi connectivity index (χ3v) is 10.6. The van der Waals surface area contributed by atoms with E-state index in [1.807, 2.05) is 12.1 Å². The van der Waals surface area contributed by atoms with Gasteiger partial charge in [0.15, 0.2) is 8.32 Å². The topological polar surface area (TPSA) is 35.3 Å². The minimum atomic E-state index is -2.08. The standard InChI is InChI=1S/C26H35NO2Si/c1-8-13-22-24(21(18-19(2)27-22)20-14-10-9-11-15-20)25(23-16-12-17-28-23)29-30(6,7)26(3,4)5/h9-12,14-18,25H,8,13H2,1-7H3. The molecule has 0 aliphatic heterocycles. The van der Waals surface area contributed by atoms with Crippen LogP contribution in [0.5, 0.6) is 0 Å². The van der Waals surface area contributed by atoms with E-state index in [0.29, 0.717) is 0 Å². The molecule has 1 atom stereocenters. The number of hydrogen-bond donors (Lipinski definition) is 0. The second kappa shape index (κ2) is 8.91. The maximum absolute atomic E-state index is 7.03. The predicted molar refractivity (Wildman–Crippen MR) is 127 cm³/mol. The Morgan fingerprint density at radius 1 is 1.07 bits per heavy atom. The fraction of sp³-hybridized carbons (Fsp3) is 0.423. The highest BCUT2D eigenvalue weighted by molar-refractivity contribution is 6.74. The number of aromatic nitrogens is 1. The van der Waals surface area contributed by atoms with Gasteiger partial charge in [0.2, 0.25) is 0 Å². The van der Waals surface area contributed by atoms with Gasteiger partial charge in [-0.05, 0) is 60.8 Å². The van der Waals surface area contributed by atoms with Crippen LogP contribution < -0.4 is 0 Å². The summed E-state index contributed by atoms with van der Waals surface area (Å²) in [6, 6.07) is 16.7. The summed E-state index contributed by atoms with van der Waals surface area (Å²) in [4.78, 5) is 4.97. The van der Waals surface area contributed by atoms with Crippen LogP contribution >= 0.6 is 0 Å². The van der Waals surface area contributed by atoms with Gasteiger partial charge in [0.05, 0.1) is 6.26 Å². The lowest BCUT2D eigenvalue weighted by Gasteiger charge is -2.39. The number of aryl methyl sites for hydroxylation is 2. The molecule has 0 saturated carbocycles. The third kappa shape index (κ3) is 4.76. The third-order valence-electron chi connectivity index (χ3n) is 6.12. The molecule has 2 heterocycles. The largest absolute Gasteiger partial charge is 0.466 e. The molecule has 0 radical (unpaired) electrons. The van der Waals surface area contributed by atoms with E-state index in [-0.39, 0.29) is 11.1 Å². The Morgan fingerprint density at radius 3 is 2.33 bits per heavy atom. The fourth-order valence-electron chi connectivity index (χ4n) is 3.50. The highest BCUT2D eigenvalue weighted by atomic mass is 28.4. The molecule has 2 aromatic heterocycles. The molecule has 0 spiro atoms. The van der Waals surface area contributed by atoms with Crippen molar-refractivity contribution in [2.45, 2.75) is 71.7 Å². The van der Waals surface area contributed by atoms with Crippen molar-refractivity contribution in [3.05, 3.63) is 77.5 Å². The fourth-order valence-corrected chi connectivity index (χ4v) is 4.67. The molecule has 0 saturated heterocycles. The van der Waals surface area contributed by atoms with E-state index in [9.17, 15) is 0 Å². The Morgan fingerprint density at radius 2 is 1.77 bits per heavy atom. The van der Waals surface area contributed by atoms with Gasteiger partial charge in [-0.15, -0.1) is 0 Å². The smallest absolute Gasteiger partial charge is 0.193 e. The first-order chi connectivity index (χ1) is 14.1. The quantitative estimate of drug-likeness (QED) is 0.366. The van der Waals surface area contributed by atoms with Crippen molar-refractivity contribution in [1.29, 1.82) is 0 Å². The average molecular weight is 422 g/mol. The SMILES string of the molecule is CCCc1nc(C)cc(-c2ccccc2)c1C(O[Si](C)(C)C(C)(C)C)c1ccco1. The van der Waals surface area contributed by atoms with Gasteiger partial charge in [0.1, 0.15) is 11.9 Å². The van der Waals surface area contributed by atoms with Crippen LogP contribution in [-0.2, 0) is 10.8 Å². The van der Waals surface area contributed by atoms with Crippen molar-refractivity contribution >= 4 is 8.32 Å². The first-order valence-electron chi connectivity index (χ1n) is 10.9. The normalized spacial score (nSPS) is 13.4. The molecule has 1 aromatic carbocycles. The van der Waals surface area contributed by atoms with Gasteiger partial charge in [0, 0.05) is 17.0 Å². The molecule has 0 fully saturated rings. The summed E-state index contributed by atoms with van der Waals surface area (Å²) in [5.41, 5.74) is 5.66. The molecular formula is C26H35NO2Si. The van der Waals surface area contributed by atoms with Crippen molar-refractivity contribution in [2.75, 3.05) is 0 Å². The number of hydrogen-bond acceptors (Lipinski definition) is 3. The van der Waals surface area contributed by atoms with Crippen LogP contribution in [0, 0.1) is 6.92 Å². The zero-order chi connectivity index (χ0) is 21.9. The monoisotopic (exact) mass is 421 g/mol. The number of rotatable bonds is 7. The van der Waals surface area contributed by atoms with Crippen molar-refractivity contribution in [1.82, 2.24) is 4.98 Å². The second-order valence-corrected chi connectivity index (χ2v) is 14.3. The minimum absolute atomic E-state index is 0.0911. The summed E-state index contributed by atoms with van der Waals surface area (Å²) >= 11 is 0. The van der Waals surface area contributed by atoms with Crippen molar-refractivity contribution in [2.24, 2.45) is 0 Å². The van der Waals surface area contributed by atoms with E-state index in [1.165, 1.54) is 11.1 Å². The lowest BCUT2D eigenvalue weighted by atomic mass is 9.92. The summed E-state index contributed by atoms with van der Waals surface area (Å²) < 4.78 is 13.0. The van der Waals surface area contributed by atoms with Gasteiger partial charge < -0.3 is 8.84 Å². The summed E-state index contributed by atoms with van der Waals surface area (Å²) in [5, 5.41) is 0.0911. The number of nitrogens with zero attached hydrogens (tertiary/aromatic N) is 1.